The molecular formula is C14H15N3OS. The predicted molar refractivity (Wildman–Crippen MR) is 78.6 cm³/mol. The summed E-state index contributed by atoms with van der Waals surface area (Å²) in [5.41, 5.74) is 7.97. The molecule has 2 aromatic heterocycles. The van der Waals surface area contributed by atoms with E-state index in [1.807, 2.05) is 32.0 Å². The molecule has 0 aliphatic heterocycles. The number of hydrogen-bond acceptors (Lipinski definition) is 4. The molecule has 0 atom stereocenters. The van der Waals surface area contributed by atoms with Gasteiger partial charge in [-0.2, -0.15) is 0 Å². The maximum atomic E-state index is 5.76. The molecule has 2 rings (SSSR count). The normalized spacial score (nSPS) is 10.2. The molecule has 4 nitrogen and oxygen atoms in total. The molecule has 0 spiro atoms. The van der Waals surface area contributed by atoms with Crippen LogP contribution in [0.5, 0.6) is 11.6 Å². The maximum absolute atomic E-state index is 5.76. The fourth-order valence-corrected chi connectivity index (χ4v) is 1.78. The Hall–Kier alpha value is -2.01. The van der Waals surface area contributed by atoms with Crippen molar-refractivity contribution in [2.75, 3.05) is 0 Å². The molecule has 0 aliphatic carbocycles. The lowest BCUT2D eigenvalue weighted by molar-refractivity contribution is 0.454. The molecule has 98 valence electrons. The first kappa shape index (κ1) is 13.4. The lowest BCUT2D eigenvalue weighted by atomic mass is 10.2. The molecule has 2 aromatic rings. The lowest BCUT2D eigenvalue weighted by Gasteiger charge is -2.10. The maximum Gasteiger partial charge on any atom is 0.219 e. The van der Waals surface area contributed by atoms with E-state index in [0.29, 0.717) is 17.3 Å². The van der Waals surface area contributed by atoms with E-state index >= 15 is 0 Å². The molecule has 0 radical (unpaired) electrons. The Morgan fingerprint density at radius 1 is 1.26 bits per heavy atom. The van der Waals surface area contributed by atoms with E-state index in [-0.39, 0.29) is 4.99 Å². The summed E-state index contributed by atoms with van der Waals surface area (Å²) >= 11 is 4.90. The summed E-state index contributed by atoms with van der Waals surface area (Å²) in [5.74, 6) is 1.17. The molecule has 0 amide bonds. The summed E-state index contributed by atoms with van der Waals surface area (Å²) in [6.07, 6.45) is 0.798. The first-order valence-corrected chi connectivity index (χ1v) is 6.42. The van der Waals surface area contributed by atoms with Crippen molar-refractivity contribution in [3.63, 3.8) is 0 Å². The Balaban J connectivity index is 2.30. The van der Waals surface area contributed by atoms with Crippen LogP contribution in [-0.4, -0.2) is 15.0 Å². The van der Waals surface area contributed by atoms with Gasteiger partial charge in [-0.3, -0.25) is 4.98 Å². The number of ether oxygens (including phenoxy) is 1. The van der Waals surface area contributed by atoms with Crippen molar-refractivity contribution in [2.45, 2.75) is 20.3 Å². The Kier molecular flexibility index (Phi) is 4.06. The van der Waals surface area contributed by atoms with Crippen LogP contribution >= 0.6 is 12.2 Å². The van der Waals surface area contributed by atoms with Gasteiger partial charge in [0.15, 0.2) is 5.75 Å². The van der Waals surface area contributed by atoms with Crippen molar-refractivity contribution in [3.05, 3.63) is 47.4 Å². The first-order chi connectivity index (χ1) is 9.10. The van der Waals surface area contributed by atoms with Gasteiger partial charge in [-0.25, -0.2) is 4.98 Å². The van der Waals surface area contributed by atoms with Crippen molar-refractivity contribution in [2.24, 2.45) is 5.73 Å². The van der Waals surface area contributed by atoms with E-state index in [9.17, 15) is 0 Å². The zero-order chi connectivity index (χ0) is 13.8. The smallest absolute Gasteiger partial charge is 0.219 e. The van der Waals surface area contributed by atoms with E-state index in [4.69, 9.17) is 22.7 Å². The van der Waals surface area contributed by atoms with Crippen molar-refractivity contribution in [1.29, 1.82) is 0 Å². The van der Waals surface area contributed by atoms with Crippen molar-refractivity contribution in [3.8, 4) is 11.6 Å². The van der Waals surface area contributed by atoms with Gasteiger partial charge in [-0.1, -0.05) is 25.2 Å². The second kappa shape index (κ2) is 5.75. The second-order valence-corrected chi connectivity index (χ2v) is 4.52. The summed E-state index contributed by atoms with van der Waals surface area (Å²) in [6, 6.07) is 9.14. The van der Waals surface area contributed by atoms with Gasteiger partial charge >= 0.3 is 0 Å². The predicted octanol–water partition coefficient (Wildman–Crippen LogP) is 2.77. The van der Waals surface area contributed by atoms with Crippen LogP contribution in [0.15, 0.2) is 30.3 Å². The van der Waals surface area contributed by atoms with Crippen LogP contribution in [0.1, 0.15) is 24.0 Å². The third-order valence-corrected chi connectivity index (χ3v) is 2.81. The van der Waals surface area contributed by atoms with Crippen LogP contribution in [0.3, 0.4) is 0 Å². The molecule has 19 heavy (non-hydrogen) atoms. The number of aryl methyl sites for hydroxylation is 2. The monoisotopic (exact) mass is 273 g/mol. The van der Waals surface area contributed by atoms with Crippen molar-refractivity contribution < 1.29 is 4.74 Å². The molecule has 0 saturated heterocycles. The van der Waals surface area contributed by atoms with Crippen molar-refractivity contribution in [1.82, 2.24) is 9.97 Å². The number of aromatic nitrogens is 2. The van der Waals surface area contributed by atoms with Gasteiger partial charge in [0.1, 0.15) is 10.7 Å². The van der Waals surface area contributed by atoms with Crippen LogP contribution in [0.4, 0.5) is 0 Å². The average molecular weight is 273 g/mol. The fourth-order valence-electron chi connectivity index (χ4n) is 1.67. The molecule has 2 N–H and O–H groups in total. The van der Waals surface area contributed by atoms with Crippen molar-refractivity contribution >= 4 is 17.2 Å². The molecule has 2 heterocycles. The Morgan fingerprint density at radius 2 is 2.05 bits per heavy atom. The molecule has 0 fully saturated rings. The zero-order valence-corrected chi connectivity index (χ0v) is 11.7. The van der Waals surface area contributed by atoms with Crippen LogP contribution in [-0.2, 0) is 6.42 Å². The Bertz CT molecular complexity index is 613. The van der Waals surface area contributed by atoms with Gasteiger partial charge in [0.2, 0.25) is 5.88 Å². The summed E-state index contributed by atoms with van der Waals surface area (Å²) in [6.45, 7) is 3.99. The van der Waals surface area contributed by atoms with Crippen LogP contribution in [0.2, 0.25) is 0 Å². The van der Waals surface area contributed by atoms with E-state index in [0.717, 1.165) is 17.8 Å². The highest BCUT2D eigenvalue weighted by molar-refractivity contribution is 7.80. The van der Waals surface area contributed by atoms with Crippen LogP contribution in [0.25, 0.3) is 0 Å². The topological polar surface area (TPSA) is 61.0 Å². The number of pyridine rings is 2. The number of rotatable bonds is 4. The average Bonchev–Trinajstić information content (AvgIpc) is 2.41. The number of nitrogens with zero attached hydrogens (tertiary/aromatic N) is 2. The molecule has 0 aliphatic rings. The number of thiocarbonyl (C=S) groups is 1. The number of hydrogen-bond donors (Lipinski definition) is 1. The molecular weight excluding hydrogens is 258 g/mol. The summed E-state index contributed by atoms with van der Waals surface area (Å²) in [4.78, 5) is 8.94. The molecule has 0 bridgehead atoms. The fraction of sp³-hybridized carbons (Fsp3) is 0.214. The SMILES string of the molecule is CCc1nc(C)ccc1Oc1cccc(C(N)=S)n1. The Morgan fingerprint density at radius 3 is 2.74 bits per heavy atom. The van der Waals surface area contributed by atoms with E-state index in [1.165, 1.54) is 0 Å². The minimum Gasteiger partial charge on any atom is -0.437 e. The van der Waals surface area contributed by atoms with Gasteiger partial charge in [-0.15, -0.1) is 0 Å². The van der Waals surface area contributed by atoms with Crippen LogP contribution < -0.4 is 10.5 Å². The Labute approximate surface area is 117 Å². The summed E-state index contributed by atoms with van der Waals surface area (Å²) in [5, 5.41) is 0. The minimum atomic E-state index is 0.253. The van der Waals surface area contributed by atoms with E-state index < -0.39 is 0 Å². The molecule has 0 saturated carbocycles. The lowest BCUT2D eigenvalue weighted by Crippen LogP contribution is -2.11. The largest absolute Gasteiger partial charge is 0.437 e. The van der Waals surface area contributed by atoms with Gasteiger partial charge in [0, 0.05) is 11.8 Å². The molecule has 0 aromatic carbocycles. The summed E-state index contributed by atoms with van der Waals surface area (Å²) in [7, 11) is 0. The van der Waals surface area contributed by atoms with Gasteiger partial charge < -0.3 is 10.5 Å². The van der Waals surface area contributed by atoms with Crippen LogP contribution in [0, 0.1) is 6.92 Å². The standard InChI is InChI=1S/C14H15N3OS/c1-3-10-12(8-7-9(2)16-10)18-13-6-4-5-11(17-13)14(15)19/h4-8H,3H2,1-2H3,(H2,15,19). The van der Waals surface area contributed by atoms with Gasteiger partial charge in [0.25, 0.3) is 0 Å². The quantitative estimate of drug-likeness (QED) is 0.868. The second-order valence-electron chi connectivity index (χ2n) is 4.08. The highest BCUT2D eigenvalue weighted by atomic mass is 32.1. The molecule has 5 heteroatoms. The highest BCUT2D eigenvalue weighted by Crippen LogP contribution is 2.23. The third kappa shape index (κ3) is 3.26. The summed E-state index contributed by atoms with van der Waals surface area (Å²) < 4.78 is 5.76. The van der Waals surface area contributed by atoms with E-state index in [1.54, 1.807) is 12.1 Å². The minimum absolute atomic E-state index is 0.253. The third-order valence-electron chi connectivity index (χ3n) is 2.60. The number of nitrogens with two attached hydrogens (primary N) is 1. The van der Waals surface area contributed by atoms with Gasteiger partial charge in [-0.05, 0) is 31.5 Å². The highest BCUT2D eigenvalue weighted by Gasteiger charge is 2.07. The zero-order valence-electron chi connectivity index (χ0n) is 10.9. The van der Waals surface area contributed by atoms with Gasteiger partial charge in [0.05, 0.1) is 5.69 Å². The first-order valence-electron chi connectivity index (χ1n) is 6.01. The molecule has 0 unspecified atom stereocenters. The van der Waals surface area contributed by atoms with E-state index in [2.05, 4.69) is 9.97 Å².